The van der Waals surface area contributed by atoms with Gasteiger partial charge in [0, 0.05) is 13.3 Å². The number of halogens is 9. The normalized spacial score (nSPS) is 18.0. The molecule has 0 aliphatic rings. The fraction of sp³-hybridized carbons (Fsp3) is 0.900. The number of rotatable bonds is 7. The largest absolute Gasteiger partial charge is 0.456 e. The highest BCUT2D eigenvalue weighted by atomic mass is 19.4. The van der Waals surface area contributed by atoms with E-state index in [2.05, 4.69) is 9.47 Å². The van der Waals surface area contributed by atoms with E-state index in [1.54, 1.807) is 0 Å². The first-order chi connectivity index (χ1) is 9.57. The lowest BCUT2D eigenvalue weighted by Crippen LogP contribution is -2.52. The zero-order valence-corrected chi connectivity index (χ0v) is 11.1. The molecule has 0 aromatic heterocycles. The molecule has 132 valence electrons. The average Bonchev–Trinajstić information content (AvgIpc) is 2.30. The van der Waals surface area contributed by atoms with Gasteiger partial charge in [0.2, 0.25) is 5.78 Å². The van der Waals surface area contributed by atoms with Crippen molar-refractivity contribution in [2.75, 3.05) is 6.61 Å². The molecule has 0 rings (SSSR count). The molecule has 0 aromatic rings. The van der Waals surface area contributed by atoms with E-state index in [9.17, 15) is 44.3 Å². The molecular weight excluding hydrogens is 339 g/mol. The molecule has 0 heterocycles. The third kappa shape index (κ3) is 5.30. The molecule has 2 unspecified atom stereocenters. The first-order valence-electron chi connectivity index (χ1n) is 5.60. The maximum absolute atomic E-state index is 13.4. The van der Waals surface area contributed by atoms with Crippen LogP contribution in [0.2, 0.25) is 0 Å². The zero-order valence-electron chi connectivity index (χ0n) is 11.1. The van der Waals surface area contributed by atoms with Crippen LogP contribution >= 0.6 is 0 Å². The molecule has 0 N–H and O–H groups in total. The topological polar surface area (TPSA) is 35.5 Å². The summed E-state index contributed by atoms with van der Waals surface area (Å²) in [5, 5.41) is 0. The van der Waals surface area contributed by atoms with Gasteiger partial charge in [-0.1, -0.05) is 6.92 Å². The van der Waals surface area contributed by atoms with Gasteiger partial charge in [-0.25, -0.2) is 0 Å². The maximum atomic E-state index is 13.4. The SMILES string of the molecule is CCC(F)(F)OC(COC(F)(C(C)=O)C(F)(F)F)C(F)(F)F. The number of ketones is 1. The molecule has 0 aromatic carbocycles. The van der Waals surface area contributed by atoms with Crippen LogP contribution in [0.25, 0.3) is 0 Å². The van der Waals surface area contributed by atoms with Gasteiger partial charge in [0.1, 0.15) is 0 Å². The summed E-state index contributed by atoms with van der Waals surface area (Å²) in [5.74, 6) is -7.34. The van der Waals surface area contributed by atoms with Gasteiger partial charge in [-0.05, 0) is 0 Å². The molecule has 0 aliphatic carbocycles. The summed E-state index contributed by atoms with van der Waals surface area (Å²) >= 11 is 0. The average molecular weight is 350 g/mol. The second-order valence-corrected chi connectivity index (χ2v) is 4.10. The van der Waals surface area contributed by atoms with Crippen molar-refractivity contribution in [3.63, 3.8) is 0 Å². The van der Waals surface area contributed by atoms with Gasteiger partial charge < -0.3 is 9.47 Å². The van der Waals surface area contributed by atoms with Gasteiger partial charge in [-0.15, -0.1) is 0 Å². The van der Waals surface area contributed by atoms with Crippen LogP contribution in [0, 0.1) is 0 Å². The van der Waals surface area contributed by atoms with Gasteiger partial charge >= 0.3 is 24.3 Å². The Morgan fingerprint density at radius 3 is 1.73 bits per heavy atom. The summed E-state index contributed by atoms with van der Waals surface area (Å²) in [6, 6.07) is 0. The summed E-state index contributed by atoms with van der Waals surface area (Å²) in [4.78, 5) is 10.6. The van der Waals surface area contributed by atoms with E-state index in [1.807, 2.05) is 0 Å². The Bertz CT molecular complexity index is 390. The second kappa shape index (κ2) is 6.60. The predicted octanol–water partition coefficient (Wildman–Crippen LogP) is 3.77. The van der Waals surface area contributed by atoms with Gasteiger partial charge in [0.05, 0.1) is 6.61 Å². The Labute approximate surface area is 118 Å². The van der Waals surface area contributed by atoms with Crippen LogP contribution in [-0.2, 0) is 14.3 Å². The van der Waals surface area contributed by atoms with E-state index in [4.69, 9.17) is 0 Å². The van der Waals surface area contributed by atoms with Crippen LogP contribution < -0.4 is 0 Å². The number of alkyl halides is 9. The lowest BCUT2D eigenvalue weighted by molar-refractivity contribution is -0.359. The van der Waals surface area contributed by atoms with Gasteiger partial charge in [0.25, 0.3) is 0 Å². The Hall–Kier alpha value is -1.04. The van der Waals surface area contributed by atoms with Crippen LogP contribution in [0.1, 0.15) is 20.3 Å². The fourth-order valence-corrected chi connectivity index (χ4v) is 1.06. The number of hydrogen-bond donors (Lipinski definition) is 0. The zero-order chi connectivity index (χ0) is 18.0. The highest BCUT2D eigenvalue weighted by Gasteiger charge is 2.62. The van der Waals surface area contributed by atoms with Crippen LogP contribution in [0.4, 0.5) is 39.5 Å². The molecule has 0 amide bonds. The van der Waals surface area contributed by atoms with Crippen LogP contribution in [0.5, 0.6) is 0 Å². The Morgan fingerprint density at radius 2 is 1.45 bits per heavy atom. The summed E-state index contributed by atoms with van der Waals surface area (Å²) < 4.78 is 120. The highest BCUT2D eigenvalue weighted by Crippen LogP contribution is 2.38. The Morgan fingerprint density at radius 1 is 1.00 bits per heavy atom. The molecular formula is C10H11F9O3. The third-order valence-electron chi connectivity index (χ3n) is 2.34. The van der Waals surface area contributed by atoms with Crippen molar-refractivity contribution < 1.29 is 53.8 Å². The lowest BCUT2D eigenvalue weighted by atomic mass is 10.2. The minimum atomic E-state index is -5.98. The summed E-state index contributed by atoms with van der Waals surface area (Å²) in [6.07, 6.45) is -20.6. The van der Waals surface area contributed by atoms with Crippen LogP contribution in [0.15, 0.2) is 0 Å². The van der Waals surface area contributed by atoms with E-state index in [-0.39, 0.29) is 6.92 Å². The van der Waals surface area contributed by atoms with Crippen molar-refractivity contribution in [3.05, 3.63) is 0 Å². The third-order valence-corrected chi connectivity index (χ3v) is 2.34. The Balaban J connectivity index is 5.23. The number of Topliss-reactive ketones (excluding diaryl/α,β-unsaturated/α-hetero) is 1. The van der Waals surface area contributed by atoms with Crippen molar-refractivity contribution >= 4 is 5.78 Å². The van der Waals surface area contributed by atoms with E-state index in [1.165, 1.54) is 0 Å². The molecule has 0 bridgehead atoms. The molecule has 0 spiro atoms. The van der Waals surface area contributed by atoms with Crippen LogP contribution in [0.3, 0.4) is 0 Å². The molecule has 3 nitrogen and oxygen atoms in total. The molecule has 2 atom stereocenters. The monoisotopic (exact) mass is 350 g/mol. The van der Waals surface area contributed by atoms with E-state index in [0.717, 1.165) is 6.92 Å². The van der Waals surface area contributed by atoms with Crippen molar-refractivity contribution in [3.8, 4) is 0 Å². The molecule has 22 heavy (non-hydrogen) atoms. The highest BCUT2D eigenvalue weighted by molar-refractivity contribution is 5.84. The maximum Gasteiger partial charge on any atom is 0.456 e. The number of carbonyl (C=O) groups excluding carboxylic acids is 1. The van der Waals surface area contributed by atoms with Gasteiger partial charge in [-0.3, -0.25) is 4.79 Å². The molecule has 0 radical (unpaired) electrons. The lowest BCUT2D eigenvalue weighted by Gasteiger charge is -2.29. The van der Waals surface area contributed by atoms with Crippen molar-refractivity contribution in [1.29, 1.82) is 0 Å². The Kier molecular flexibility index (Phi) is 6.29. The quantitative estimate of drug-likeness (QED) is 0.656. The van der Waals surface area contributed by atoms with Crippen molar-refractivity contribution in [1.82, 2.24) is 0 Å². The molecule has 12 heteroatoms. The first-order valence-corrected chi connectivity index (χ1v) is 5.60. The predicted molar refractivity (Wildman–Crippen MR) is 52.7 cm³/mol. The molecule has 0 aliphatic heterocycles. The van der Waals surface area contributed by atoms with E-state index < -0.39 is 49.2 Å². The minimum absolute atomic E-state index is 0.0809. The van der Waals surface area contributed by atoms with Crippen molar-refractivity contribution in [2.24, 2.45) is 0 Å². The number of hydrogen-bond acceptors (Lipinski definition) is 3. The first kappa shape index (κ1) is 21.0. The molecule has 0 saturated carbocycles. The van der Waals surface area contributed by atoms with Gasteiger partial charge in [-0.2, -0.15) is 39.5 Å². The summed E-state index contributed by atoms with van der Waals surface area (Å²) in [5.41, 5.74) is 0. The molecule has 0 saturated heterocycles. The summed E-state index contributed by atoms with van der Waals surface area (Å²) in [7, 11) is 0. The number of ether oxygens (including phenoxy) is 2. The summed E-state index contributed by atoms with van der Waals surface area (Å²) in [6.45, 7) is -1.45. The van der Waals surface area contributed by atoms with Gasteiger partial charge in [0.15, 0.2) is 6.10 Å². The molecule has 0 fully saturated rings. The van der Waals surface area contributed by atoms with E-state index in [0.29, 0.717) is 0 Å². The van der Waals surface area contributed by atoms with Crippen molar-refractivity contribution in [2.45, 2.75) is 50.7 Å². The number of carbonyl (C=O) groups is 1. The fourth-order valence-electron chi connectivity index (χ4n) is 1.06. The standard InChI is InChI=1S/C10H11F9O3/c1-3-7(11,12)22-6(9(14,15)16)4-21-8(13,5(2)20)10(17,18)19/h6H,3-4H2,1-2H3. The minimum Gasteiger partial charge on any atom is -0.330 e. The van der Waals surface area contributed by atoms with E-state index >= 15 is 0 Å². The smallest absolute Gasteiger partial charge is 0.330 e. The van der Waals surface area contributed by atoms with Crippen LogP contribution in [-0.4, -0.2) is 42.8 Å². The second-order valence-electron chi connectivity index (χ2n) is 4.10.